The lowest BCUT2D eigenvalue weighted by molar-refractivity contribution is 0.0339. The lowest BCUT2D eigenvalue weighted by atomic mass is 9.70. The van der Waals surface area contributed by atoms with E-state index in [0.29, 0.717) is 5.02 Å². The third-order valence-electron chi connectivity index (χ3n) is 4.86. The van der Waals surface area contributed by atoms with Gasteiger partial charge < -0.3 is 4.74 Å². The molecule has 2 fully saturated rings. The molecule has 21 heavy (non-hydrogen) atoms. The SMILES string of the molecule is O=C(Nc1ccc(Cl)cc1)O[C@H]1CC[C@H]2CCCC[C@@H]2C1. The summed E-state index contributed by atoms with van der Waals surface area (Å²) in [6, 6.07) is 7.07. The number of carbonyl (C=O) groups is 1. The number of benzene rings is 1. The Bertz CT molecular complexity index is 488. The smallest absolute Gasteiger partial charge is 0.411 e. The molecule has 3 nitrogen and oxygen atoms in total. The fourth-order valence-electron chi connectivity index (χ4n) is 3.77. The summed E-state index contributed by atoms with van der Waals surface area (Å²) < 4.78 is 5.59. The molecule has 4 heteroatoms. The highest BCUT2D eigenvalue weighted by Crippen LogP contribution is 2.41. The van der Waals surface area contributed by atoms with E-state index in [1.54, 1.807) is 24.3 Å². The van der Waals surface area contributed by atoms with Gasteiger partial charge in [-0.15, -0.1) is 0 Å². The molecule has 1 aromatic carbocycles. The van der Waals surface area contributed by atoms with Gasteiger partial charge in [0.25, 0.3) is 0 Å². The van der Waals surface area contributed by atoms with E-state index in [-0.39, 0.29) is 12.2 Å². The standard InChI is InChI=1S/C17H22ClNO2/c18-14-6-8-15(9-7-14)19-17(20)21-16-10-5-12-3-1-2-4-13(12)11-16/h6-9,12-13,16H,1-5,10-11H2,(H,19,20)/t12-,13-,16+/m1/s1. The average molecular weight is 308 g/mol. The molecule has 0 heterocycles. The number of carbonyl (C=O) groups excluding carboxylic acids is 1. The van der Waals surface area contributed by atoms with Gasteiger partial charge >= 0.3 is 6.09 Å². The first-order valence-electron chi connectivity index (χ1n) is 7.94. The van der Waals surface area contributed by atoms with Gasteiger partial charge in [0.1, 0.15) is 6.10 Å². The number of rotatable bonds is 2. The Morgan fingerprint density at radius 3 is 2.52 bits per heavy atom. The fourth-order valence-corrected chi connectivity index (χ4v) is 3.90. The van der Waals surface area contributed by atoms with E-state index in [0.717, 1.165) is 30.4 Å². The number of hydrogen-bond acceptors (Lipinski definition) is 2. The van der Waals surface area contributed by atoms with Crippen LogP contribution in [0, 0.1) is 11.8 Å². The Labute approximate surface area is 131 Å². The van der Waals surface area contributed by atoms with Crippen LogP contribution < -0.4 is 5.32 Å². The highest BCUT2D eigenvalue weighted by atomic mass is 35.5. The van der Waals surface area contributed by atoms with E-state index in [4.69, 9.17) is 16.3 Å². The first-order valence-corrected chi connectivity index (χ1v) is 8.32. The summed E-state index contributed by atoms with van der Waals surface area (Å²) in [4.78, 5) is 12.0. The van der Waals surface area contributed by atoms with E-state index in [1.807, 2.05) is 0 Å². The van der Waals surface area contributed by atoms with Crippen LogP contribution in [0.25, 0.3) is 0 Å². The molecular formula is C17H22ClNO2. The highest BCUT2D eigenvalue weighted by molar-refractivity contribution is 6.30. The number of halogens is 1. The normalized spacial score (nSPS) is 28.5. The topological polar surface area (TPSA) is 38.3 Å². The Morgan fingerprint density at radius 2 is 1.76 bits per heavy atom. The van der Waals surface area contributed by atoms with Crippen LogP contribution in [0.3, 0.4) is 0 Å². The minimum absolute atomic E-state index is 0.0802. The molecule has 0 radical (unpaired) electrons. The van der Waals surface area contributed by atoms with Crippen molar-refractivity contribution in [3.63, 3.8) is 0 Å². The van der Waals surface area contributed by atoms with Gasteiger partial charge in [0.15, 0.2) is 0 Å². The lowest BCUT2D eigenvalue weighted by Gasteiger charge is -2.38. The minimum Gasteiger partial charge on any atom is -0.446 e. The van der Waals surface area contributed by atoms with E-state index in [1.165, 1.54) is 32.1 Å². The van der Waals surface area contributed by atoms with Crippen LogP contribution in [0.1, 0.15) is 44.9 Å². The molecule has 1 N–H and O–H groups in total. The third-order valence-corrected chi connectivity index (χ3v) is 5.11. The molecule has 0 spiro atoms. The second-order valence-electron chi connectivity index (χ2n) is 6.28. The number of amides is 1. The summed E-state index contributed by atoms with van der Waals surface area (Å²) in [6.45, 7) is 0. The third kappa shape index (κ3) is 3.91. The van der Waals surface area contributed by atoms with Crippen molar-refractivity contribution in [3.05, 3.63) is 29.3 Å². The van der Waals surface area contributed by atoms with Gasteiger partial charge in [-0.1, -0.05) is 37.3 Å². The van der Waals surface area contributed by atoms with Gasteiger partial charge in [-0.2, -0.15) is 0 Å². The number of hydrogen-bond donors (Lipinski definition) is 1. The van der Waals surface area contributed by atoms with Crippen LogP contribution >= 0.6 is 11.6 Å². The van der Waals surface area contributed by atoms with E-state index in [9.17, 15) is 4.79 Å². The summed E-state index contributed by atoms with van der Waals surface area (Å²) in [5.41, 5.74) is 0.718. The Balaban J connectivity index is 1.49. The Morgan fingerprint density at radius 1 is 1.05 bits per heavy atom. The molecule has 1 aromatic rings. The van der Waals surface area contributed by atoms with Crippen LogP contribution in [-0.2, 0) is 4.74 Å². The molecule has 0 aliphatic heterocycles. The number of nitrogens with one attached hydrogen (secondary N) is 1. The maximum absolute atomic E-state index is 12.0. The molecule has 2 aliphatic carbocycles. The van der Waals surface area contributed by atoms with Gasteiger partial charge in [0, 0.05) is 10.7 Å². The molecule has 1 amide bonds. The van der Waals surface area contributed by atoms with Crippen LogP contribution in [0.4, 0.5) is 10.5 Å². The lowest BCUT2D eigenvalue weighted by Crippen LogP contribution is -2.33. The first-order chi connectivity index (χ1) is 10.2. The van der Waals surface area contributed by atoms with Crippen molar-refractivity contribution in [1.82, 2.24) is 0 Å². The molecule has 2 aliphatic rings. The van der Waals surface area contributed by atoms with Crippen molar-refractivity contribution in [3.8, 4) is 0 Å². The molecule has 2 saturated carbocycles. The van der Waals surface area contributed by atoms with E-state index in [2.05, 4.69) is 5.32 Å². The van der Waals surface area contributed by atoms with Crippen molar-refractivity contribution in [2.75, 3.05) is 5.32 Å². The second kappa shape index (κ2) is 6.69. The van der Waals surface area contributed by atoms with Crippen molar-refractivity contribution in [2.24, 2.45) is 11.8 Å². The Kier molecular flexibility index (Phi) is 4.69. The van der Waals surface area contributed by atoms with Crippen LogP contribution in [0.5, 0.6) is 0 Å². The largest absolute Gasteiger partial charge is 0.446 e. The highest BCUT2D eigenvalue weighted by Gasteiger charge is 2.33. The van der Waals surface area contributed by atoms with E-state index >= 15 is 0 Å². The summed E-state index contributed by atoms with van der Waals surface area (Å²) in [6.07, 6.45) is 8.39. The predicted octanol–water partition coefficient (Wildman–Crippen LogP) is 5.25. The molecule has 0 bridgehead atoms. The molecule has 3 rings (SSSR count). The summed E-state index contributed by atoms with van der Waals surface area (Å²) in [7, 11) is 0. The molecule has 0 saturated heterocycles. The minimum atomic E-state index is -0.350. The summed E-state index contributed by atoms with van der Waals surface area (Å²) in [5, 5.41) is 3.43. The van der Waals surface area contributed by atoms with Crippen LogP contribution in [0.15, 0.2) is 24.3 Å². The number of ether oxygens (including phenoxy) is 1. The molecule has 0 aromatic heterocycles. The van der Waals surface area contributed by atoms with Gasteiger partial charge in [-0.25, -0.2) is 4.79 Å². The summed E-state index contributed by atoms with van der Waals surface area (Å²) >= 11 is 5.82. The number of fused-ring (bicyclic) bond motifs is 1. The zero-order valence-electron chi connectivity index (χ0n) is 12.2. The summed E-state index contributed by atoms with van der Waals surface area (Å²) in [5.74, 6) is 1.64. The predicted molar refractivity (Wildman–Crippen MR) is 84.6 cm³/mol. The quantitative estimate of drug-likeness (QED) is 0.810. The molecule has 3 atom stereocenters. The maximum Gasteiger partial charge on any atom is 0.411 e. The number of anilines is 1. The average Bonchev–Trinajstić information content (AvgIpc) is 2.49. The maximum atomic E-state index is 12.0. The van der Waals surface area contributed by atoms with Gasteiger partial charge in [0.2, 0.25) is 0 Å². The van der Waals surface area contributed by atoms with E-state index < -0.39 is 0 Å². The monoisotopic (exact) mass is 307 g/mol. The first kappa shape index (κ1) is 14.7. The van der Waals surface area contributed by atoms with Crippen LogP contribution in [0.2, 0.25) is 5.02 Å². The van der Waals surface area contributed by atoms with Gasteiger partial charge in [-0.05, 0) is 55.4 Å². The van der Waals surface area contributed by atoms with Crippen molar-refractivity contribution in [1.29, 1.82) is 0 Å². The van der Waals surface area contributed by atoms with Crippen molar-refractivity contribution < 1.29 is 9.53 Å². The molecular weight excluding hydrogens is 286 g/mol. The van der Waals surface area contributed by atoms with Crippen molar-refractivity contribution >= 4 is 23.4 Å². The van der Waals surface area contributed by atoms with Crippen LogP contribution in [-0.4, -0.2) is 12.2 Å². The second-order valence-corrected chi connectivity index (χ2v) is 6.71. The fraction of sp³-hybridized carbons (Fsp3) is 0.588. The Hall–Kier alpha value is -1.22. The van der Waals surface area contributed by atoms with Gasteiger partial charge in [0.05, 0.1) is 0 Å². The zero-order chi connectivity index (χ0) is 14.7. The zero-order valence-corrected chi connectivity index (χ0v) is 12.9. The molecule has 0 unspecified atom stereocenters. The molecule has 114 valence electrons. The van der Waals surface area contributed by atoms with Crippen molar-refractivity contribution in [2.45, 2.75) is 51.0 Å². The van der Waals surface area contributed by atoms with Gasteiger partial charge in [-0.3, -0.25) is 5.32 Å².